The van der Waals surface area contributed by atoms with Crippen molar-refractivity contribution in [3.8, 4) is 5.75 Å². The molecule has 2 N–H and O–H groups in total. The van der Waals surface area contributed by atoms with Gasteiger partial charge in [0, 0.05) is 7.11 Å². The molecule has 1 unspecified atom stereocenters. The molecule has 1 aromatic carbocycles. The monoisotopic (exact) mass is 209 g/mol. The van der Waals surface area contributed by atoms with Crippen molar-refractivity contribution >= 4 is 0 Å². The smallest absolute Gasteiger partial charge is 0.119 e. The molecule has 3 nitrogen and oxygen atoms in total. The minimum absolute atomic E-state index is 0.401. The van der Waals surface area contributed by atoms with Gasteiger partial charge in [-0.25, -0.2) is 0 Å². The molecule has 15 heavy (non-hydrogen) atoms. The van der Waals surface area contributed by atoms with Crippen LogP contribution in [0.25, 0.3) is 0 Å². The van der Waals surface area contributed by atoms with E-state index in [-0.39, 0.29) is 0 Å². The molecule has 1 atom stereocenters. The van der Waals surface area contributed by atoms with E-state index in [0.29, 0.717) is 25.7 Å². The summed E-state index contributed by atoms with van der Waals surface area (Å²) in [6, 6.07) is 8.05. The van der Waals surface area contributed by atoms with Crippen molar-refractivity contribution in [3.63, 3.8) is 0 Å². The lowest BCUT2D eigenvalue weighted by Gasteiger charge is -2.10. The van der Waals surface area contributed by atoms with E-state index in [1.807, 2.05) is 12.1 Å². The quantitative estimate of drug-likeness (QED) is 0.726. The topological polar surface area (TPSA) is 44.5 Å². The Bertz CT molecular complexity index is 271. The second-order valence-electron chi connectivity index (χ2n) is 3.55. The Hall–Kier alpha value is -1.06. The molecule has 0 spiro atoms. The average molecular weight is 209 g/mol. The van der Waals surface area contributed by atoms with Crippen LogP contribution in [-0.4, -0.2) is 26.9 Å². The van der Waals surface area contributed by atoms with Gasteiger partial charge in [0.05, 0.1) is 6.61 Å². The highest BCUT2D eigenvalue weighted by Gasteiger charge is 2.02. The SMILES string of the molecule is COCCOc1ccc(C(C)CN)cc1. The van der Waals surface area contributed by atoms with E-state index in [1.54, 1.807) is 7.11 Å². The molecule has 0 radical (unpaired) electrons. The van der Waals surface area contributed by atoms with Crippen molar-refractivity contribution in [2.24, 2.45) is 5.73 Å². The highest BCUT2D eigenvalue weighted by atomic mass is 16.5. The summed E-state index contributed by atoms with van der Waals surface area (Å²) in [5.41, 5.74) is 6.84. The maximum Gasteiger partial charge on any atom is 0.119 e. The van der Waals surface area contributed by atoms with Crippen molar-refractivity contribution in [1.82, 2.24) is 0 Å². The molecule has 1 rings (SSSR count). The number of rotatable bonds is 6. The van der Waals surface area contributed by atoms with Gasteiger partial charge in [0.1, 0.15) is 12.4 Å². The number of benzene rings is 1. The minimum Gasteiger partial charge on any atom is -0.491 e. The van der Waals surface area contributed by atoms with Crippen molar-refractivity contribution in [1.29, 1.82) is 0 Å². The fraction of sp³-hybridized carbons (Fsp3) is 0.500. The molecule has 0 heterocycles. The van der Waals surface area contributed by atoms with E-state index < -0.39 is 0 Å². The number of hydrogen-bond donors (Lipinski definition) is 1. The van der Waals surface area contributed by atoms with E-state index in [9.17, 15) is 0 Å². The molecule has 0 aliphatic carbocycles. The zero-order chi connectivity index (χ0) is 11.1. The molecular weight excluding hydrogens is 190 g/mol. The Morgan fingerprint density at radius 3 is 2.40 bits per heavy atom. The molecule has 84 valence electrons. The van der Waals surface area contributed by atoms with Gasteiger partial charge in [-0.1, -0.05) is 19.1 Å². The third-order valence-electron chi connectivity index (χ3n) is 2.36. The van der Waals surface area contributed by atoms with Crippen molar-refractivity contribution in [2.45, 2.75) is 12.8 Å². The van der Waals surface area contributed by atoms with Crippen LogP contribution in [-0.2, 0) is 4.74 Å². The molecule has 0 fully saturated rings. The second kappa shape index (κ2) is 6.43. The Morgan fingerprint density at radius 2 is 1.87 bits per heavy atom. The maximum atomic E-state index is 5.59. The molecule has 0 saturated carbocycles. The summed E-state index contributed by atoms with van der Waals surface area (Å²) < 4.78 is 10.4. The normalized spacial score (nSPS) is 12.5. The van der Waals surface area contributed by atoms with E-state index >= 15 is 0 Å². The van der Waals surface area contributed by atoms with Crippen LogP contribution < -0.4 is 10.5 Å². The lowest BCUT2D eigenvalue weighted by atomic mass is 10.0. The van der Waals surface area contributed by atoms with Gasteiger partial charge in [-0.3, -0.25) is 0 Å². The Labute approximate surface area is 91.2 Å². The highest BCUT2D eigenvalue weighted by molar-refractivity contribution is 5.29. The molecule has 0 aromatic heterocycles. The predicted molar refractivity (Wildman–Crippen MR) is 61.3 cm³/mol. The summed E-state index contributed by atoms with van der Waals surface area (Å²) in [5, 5.41) is 0. The van der Waals surface area contributed by atoms with Crippen molar-refractivity contribution in [2.75, 3.05) is 26.9 Å². The highest BCUT2D eigenvalue weighted by Crippen LogP contribution is 2.18. The van der Waals surface area contributed by atoms with E-state index in [4.69, 9.17) is 15.2 Å². The fourth-order valence-corrected chi connectivity index (χ4v) is 1.27. The first-order chi connectivity index (χ1) is 7.27. The van der Waals surface area contributed by atoms with Crippen LogP contribution in [0.2, 0.25) is 0 Å². The standard InChI is InChI=1S/C12H19NO2/c1-10(9-13)11-3-5-12(6-4-11)15-8-7-14-2/h3-6,10H,7-9,13H2,1-2H3. The van der Waals surface area contributed by atoms with Gasteiger partial charge in [-0.2, -0.15) is 0 Å². The fourth-order valence-electron chi connectivity index (χ4n) is 1.27. The number of ether oxygens (including phenoxy) is 2. The molecular formula is C12H19NO2. The zero-order valence-electron chi connectivity index (χ0n) is 9.40. The zero-order valence-corrected chi connectivity index (χ0v) is 9.40. The van der Waals surface area contributed by atoms with Crippen LogP contribution in [0.1, 0.15) is 18.4 Å². The van der Waals surface area contributed by atoms with Crippen molar-refractivity contribution in [3.05, 3.63) is 29.8 Å². The number of methoxy groups -OCH3 is 1. The van der Waals surface area contributed by atoms with Gasteiger partial charge in [0.2, 0.25) is 0 Å². The van der Waals surface area contributed by atoms with E-state index in [2.05, 4.69) is 19.1 Å². The van der Waals surface area contributed by atoms with Crippen LogP contribution in [0, 0.1) is 0 Å². The van der Waals surface area contributed by atoms with Gasteiger partial charge in [0.25, 0.3) is 0 Å². The summed E-state index contributed by atoms with van der Waals surface area (Å²) in [6.07, 6.45) is 0. The third-order valence-corrected chi connectivity index (χ3v) is 2.36. The molecule has 0 amide bonds. The van der Waals surface area contributed by atoms with Crippen LogP contribution in [0.4, 0.5) is 0 Å². The average Bonchev–Trinajstić information content (AvgIpc) is 2.29. The van der Waals surface area contributed by atoms with Gasteiger partial charge in [-0.05, 0) is 30.2 Å². The summed E-state index contributed by atoms with van der Waals surface area (Å²) in [5.74, 6) is 1.28. The minimum atomic E-state index is 0.401. The molecule has 3 heteroatoms. The first kappa shape index (κ1) is 12.0. The van der Waals surface area contributed by atoms with Gasteiger partial charge in [-0.15, -0.1) is 0 Å². The first-order valence-electron chi connectivity index (χ1n) is 5.19. The second-order valence-corrected chi connectivity index (χ2v) is 3.55. The maximum absolute atomic E-state index is 5.59. The lowest BCUT2D eigenvalue weighted by molar-refractivity contribution is 0.146. The van der Waals surface area contributed by atoms with Crippen LogP contribution in [0.15, 0.2) is 24.3 Å². The van der Waals surface area contributed by atoms with Crippen LogP contribution in [0.3, 0.4) is 0 Å². The third kappa shape index (κ3) is 3.90. The van der Waals surface area contributed by atoms with E-state index in [1.165, 1.54) is 5.56 Å². The van der Waals surface area contributed by atoms with Gasteiger partial charge < -0.3 is 15.2 Å². The number of hydrogen-bond acceptors (Lipinski definition) is 3. The molecule has 0 aliphatic heterocycles. The number of nitrogens with two attached hydrogens (primary N) is 1. The van der Waals surface area contributed by atoms with Crippen LogP contribution >= 0.6 is 0 Å². The molecule has 1 aromatic rings. The van der Waals surface area contributed by atoms with Gasteiger partial charge in [0.15, 0.2) is 0 Å². The lowest BCUT2D eigenvalue weighted by Crippen LogP contribution is -2.09. The van der Waals surface area contributed by atoms with Crippen molar-refractivity contribution < 1.29 is 9.47 Å². The summed E-state index contributed by atoms with van der Waals surface area (Å²) in [6.45, 7) is 3.98. The Morgan fingerprint density at radius 1 is 1.20 bits per heavy atom. The molecule has 0 saturated heterocycles. The summed E-state index contributed by atoms with van der Waals surface area (Å²) >= 11 is 0. The Kier molecular flexibility index (Phi) is 5.15. The molecule has 0 bridgehead atoms. The molecule has 0 aliphatic rings. The largest absolute Gasteiger partial charge is 0.491 e. The van der Waals surface area contributed by atoms with Crippen LogP contribution in [0.5, 0.6) is 5.75 Å². The summed E-state index contributed by atoms with van der Waals surface area (Å²) in [4.78, 5) is 0. The van der Waals surface area contributed by atoms with E-state index in [0.717, 1.165) is 5.75 Å². The summed E-state index contributed by atoms with van der Waals surface area (Å²) in [7, 11) is 1.66. The van der Waals surface area contributed by atoms with Gasteiger partial charge >= 0.3 is 0 Å². The predicted octanol–water partition coefficient (Wildman–Crippen LogP) is 1.77. The Balaban J connectivity index is 2.49. The first-order valence-corrected chi connectivity index (χ1v) is 5.19.